The van der Waals surface area contributed by atoms with Crippen LogP contribution in [0.25, 0.3) is 0 Å². The topological polar surface area (TPSA) is 270 Å². The molecule has 19 heteroatoms. The maximum Gasteiger partial charge on any atom is 0.248 e. The zero-order valence-electron chi connectivity index (χ0n) is 30.7. The summed E-state index contributed by atoms with van der Waals surface area (Å²) in [5.41, 5.74) is 6.11. The number of likely N-dealkylation sites (tertiary alicyclic amines) is 2. The summed E-state index contributed by atoms with van der Waals surface area (Å²) in [5, 5.41) is 32.7. The van der Waals surface area contributed by atoms with Crippen LogP contribution in [-0.2, 0) is 44.8 Å². The molecular formula is C35H52N8O10S. The van der Waals surface area contributed by atoms with E-state index in [-0.39, 0.29) is 31.0 Å². The van der Waals surface area contributed by atoms with Crippen molar-refractivity contribution >= 4 is 59.9 Å². The highest BCUT2D eigenvalue weighted by atomic mass is 32.1. The van der Waals surface area contributed by atoms with Gasteiger partial charge >= 0.3 is 0 Å². The van der Waals surface area contributed by atoms with Crippen LogP contribution in [0.2, 0.25) is 0 Å². The molecule has 2 heterocycles. The second kappa shape index (κ2) is 20.6. The summed E-state index contributed by atoms with van der Waals surface area (Å²) in [7, 11) is 0. The third-order valence-corrected chi connectivity index (χ3v) is 9.82. The molecule has 1 aromatic rings. The fraction of sp³-hybridized carbons (Fsp3) is 0.600. The Balaban J connectivity index is 1.72. The SMILES string of the molecule is CC(=O)N1CCC[C@H]1C(=O)N[C@@H](CO)C(=O)N1CCC[C@H]1C(=O)N[C@@H](CCc1ccccc1)C(=O)N[C@@H](C)C(=O)N[C@H](C(=O)N[C@@H](CS)C(N)=O)[C@@H](C)O. The molecular weight excluding hydrogens is 724 g/mol. The van der Waals surface area contributed by atoms with Crippen molar-refractivity contribution in [3.63, 3.8) is 0 Å². The van der Waals surface area contributed by atoms with Crippen LogP contribution < -0.4 is 32.3 Å². The summed E-state index contributed by atoms with van der Waals surface area (Å²) in [6, 6.07) is 0.798. The standard InChI is InChI=1S/C35H52N8O10S/c1-19(30(48)41-28(20(2)45)34(52)40-25(18-54)29(36)47)37-31(49)23(14-13-22-9-5-4-6-10-22)38-33(51)27-12-8-16-43(27)35(53)24(17-44)39-32(50)26-11-7-15-42(26)21(3)46/h4-6,9-10,19-20,23-28,44-45,54H,7-8,11-18H2,1-3H3,(H2,36,47)(H,37,49)(H,38,51)(H,39,50)(H,40,52)(H,41,48)/t19-,20+,23-,24-,25-,26-,27-,28-/m0/s1. The van der Waals surface area contributed by atoms with Crippen molar-refractivity contribution in [1.82, 2.24) is 36.4 Å². The molecule has 1 aromatic carbocycles. The normalized spacial score (nSPS) is 20.0. The number of thiol groups is 1. The van der Waals surface area contributed by atoms with Crippen molar-refractivity contribution in [3.8, 4) is 0 Å². The summed E-state index contributed by atoms with van der Waals surface area (Å²) in [6.07, 6.45) is 0.725. The summed E-state index contributed by atoms with van der Waals surface area (Å²) in [4.78, 5) is 106. The first-order chi connectivity index (χ1) is 25.6. The number of amides is 8. The van der Waals surface area contributed by atoms with Gasteiger partial charge in [-0.25, -0.2) is 0 Å². The monoisotopic (exact) mass is 776 g/mol. The van der Waals surface area contributed by atoms with E-state index in [1.165, 1.54) is 30.6 Å². The molecule has 2 saturated heterocycles. The molecule has 298 valence electrons. The van der Waals surface area contributed by atoms with Gasteiger partial charge in [-0.2, -0.15) is 12.6 Å². The van der Waals surface area contributed by atoms with Crippen LogP contribution in [0.1, 0.15) is 58.4 Å². The smallest absolute Gasteiger partial charge is 0.248 e. The molecule has 0 aromatic heterocycles. The van der Waals surface area contributed by atoms with E-state index in [1.807, 2.05) is 30.3 Å². The maximum absolute atomic E-state index is 13.8. The van der Waals surface area contributed by atoms with Crippen LogP contribution in [0.5, 0.6) is 0 Å². The minimum Gasteiger partial charge on any atom is -0.394 e. The number of benzene rings is 1. The van der Waals surface area contributed by atoms with Crippen LogP contribution in [0.4, 0.5) is 0 Å². The summed E-state index contributed by atoms with van der Waals surface area (Å²) in [5.74, 6) is -5.72. The number of carbonyl (C=O) groups is 8. The van der Waals surface area contributed by atoms with E-state index in [2.05, 4.69) is 39.2 Å². The number of primary amides is 1. The van der Waals surface area contributed by atoms with Crippen LogP contribution >= 0.6 is 12.6 Å². The highest BCUT2D eigenvalue weighted by molar-refractivity contribution is 7.80. The van der Waals surface area contributed by atoms with Crippen LogP contribution in [0, 0.1) is 0 Å². The molecule has 0 radical (unpaired) electrons. The molecule has 3 rings (SSSR count). The molecule has 8 amide bonds. The molecule has 18 nitrogen and oxygen atoms in total. The van der Waals surface area contributed by atoms with Crippen molar-refractivity contribution in [1.29, 1.82) is 0 Å². The first-order valence-corrected chi connectivity index (χ1v) is 18.5. The van der Waals surface area contributed by atoms with E-state index in [4.69, 9.17) is 5.73 Å². The summed E-state index contributed by atoms with van der Waals surface area (Å²) >= 11 is 3.97. The molecule has 2 fully saturated rings. The molecule has 0 spiro atoms. The highest BCUT2D eigenvalue weighted by Gasteiger charge is 2.41. The molecule has 9 N–H and O–H groups in total. The predicted octanol–water partition coefficient (Wildman–Crippen LogP) is -3.15. The number of aryl methyl sites for hydroxylation is 1. The van der Waals surface area contributed by atoms with Gasteiger partial charge in [0.05, 0.1) is 12.7 Å². The lowest BCUT2D eigenvalue weighted by Gasteiger charge is -2.30. The fourth-order valence-electron chi connectivity index (χ4n) is 6.40. The average molecular weight is 777 g/mol. The van der Waals surface area contributed by atoms with Crippen LogP contribution in [-0.4, -0.2) is 141 Å². The Hall–Kier alpha value is -4.75. The second-order valence-electron chi connectivity index (χ2n) is 13.5. The number of aliphatic hydroxyl groups excluding tert-OH is 2. The molecule has 8 atom stereocenters. The van der Waals surface area contributed by atoms with E-state index in [0.717, 1.165) is 5.56 Å². The Morgan fingerprint density at radius 2 is 1.37 bits per heavy atom. The van der Waals surface area contributed by atoms with Gasteiger partial charge in [0.2, 0.25) is 47.3 Å². The highest BCUT2D eigenvalue weighted by Crippen LogP contribution is 2.21. The minimum absolute atomic E-state index is 0.0941. The van der Waals surface area contributed by atoms with Gasteiger partial charge in [0.15, 0.2) is 0 Å². The third-order valence-electron chi connectivity index (χ3n) is 9.45. The van der Waals surface area contributed by atoms with Gasteiger partial charge in [0, 0.05) is 25.8 Å². The molecule has 54 heavy (non-hydrogen) atoms. The molecule has 2 aliphatic rings. The number of nitrogens with zero attached hydrogens (tertiary/aromatic N) is 2. The first-order valence-electron chi connectivity index (χ1n) is 17.9. The second-order valence-corrected chi connectivity index (χ2v) is 13.9. The predicted molar refractivity (Wildman–Crippen MR) is 197 cm³/mol. The van der Waals surface area contributed by atoms with Crippen molar-refractivity contribution in [2.75, 3.05) is 25.4 Å². The number of rotatable bonds is 18. The molecule has 0 aliphatic carbocycles. The van der Waals surface area contributed by atoms with Crippen LogP contribution in [0.3, 0.4) is 0 Å². The zero-order chi connectivity index (χ0) is 40.1. The third kappa shape index (κ3) is 11.9. The average Bonchev–Trinajstić information content (AvgIpc) is 3.84. The van der Waals surface area contributed by atoms with Gasteiger partial charge in [0.25, 0.3) is 0 Å². The Morgan fingerprint density at radius 1 is 0.796 bits per heavy atom. The van der Waals surface area contributed by atoms with Crippen molar-refractivity contribution in [2.45, 2.75) is 108 Å². The Morgan fingerprint density at radius 3 is 1.91 bits per heavy atom. The van der Waals surface area contributed by atoms with Crippen molar-refractivity contribution < 1.29 is 48.6 Å². The van der Waals surface area contributed by atoms with Gasteiger partial charge < -0.3 is 52.3 Å². The number of hydrogen-bond acceptors (Lipinski definition) is 11. The number of aliphatic hydroxyl groups is 2. The lowest BCUT2D eigenvalue weighted by atomic mass is 10.0. The quantitative estimate of drug-likeness (QED) is 0.0676. The number of nitrogens with two attached hydrogens (primary N) is 1. The lowest BCUT2D eigenvalue weighted by Crippen LogP contribution is -2.61. The Bertz CT molecular complexity index is 1530. The molecule has 0 unspecified atom stereocenters. The lowest BCUT2D eigenvalue weighted by molar-refractivity contribution is -0.144. The number of nitrogens with one attached hydrogen (secondary N) is 5. The fourth-order valence-corrected chi connectivity index (χ4v) is 6.67. The summed E-state index contributed by atoms with van der Waals surface area (Å²) in [6.45, 7) is 3.73. The van der Waals surface area contributed by atoms with Gasteiger partial charge in [-0.15, -0.1) is 0 Å². The van der Waals surface area contributed by atoms with Gasteiger partial charge in [-0.05, 0) is 57.9 Å². The Labute approximate surface area is 319 Å². The van der Waals surface area contributed by atoms with E-state index in [1.54, 1.807) is 0 Å². The van der Waals surface area contributed by atoms with Crippen LogP contribution in [0.15, 0.2) is 30.3 Å². The van der Waals surface area contributed by atoms with Gasteiger partial charge in [-0.1, -0.05) is 30.3 Å². The molecule has 0 bridgehead atoms. The number of carbonyl (C=O) groups excluding carboxylic acids is 8. The van der Waals surface area contributed by atoms with Gasteiger partial charge in [0.1, 0.15) is 42.3 Å². The van der Waals surface area contributed by atoms with Crippen molar-refractivity contribution in [2.24, 2.45) is 5.73 Å². The number of hydrogen-bond donors (Lipinski definition) is 9. The van der Waals surface area contributed by atoms with E-state index >= 15 is 0 Å². The van der Waals surface area contributed by atoms with E-state index in [9.17, 15) is 48.6 Å². The van der Waals surface area contributed by atoms with E-state index < -0.39 is 96.4 Å². The van der Waals surface area contributed by atoms with E-state index in [0.29, 0.717) is 32.2 Å². The summed E-state index contributed by atoms with van der Waals surface area (Å²) < 4.78 is 0. The van der Waals surface area contributed by atoms with Gasteiger partial charge in [-0.3, -0.25) is 38.4 Å². The largest absolute Gasteiger partial charge is 0.394 e. The minimum atomic E-state index is -1.52. The molecule has 0 saturated carbocycles. The first kappa shape index (κ1) is 43.7. The maximum atomic E-state index is 13.8. The zero-order valence-corrected chi connectivity index (χ0v) is 31.6. The van der Waals surface area contributed by atoms with Crippen molar-refractivity contribution in [3.05, 3.63) is 35.9 Å². The molecule has 2 aliphatic heterocycles. The Kier molecular flexibility index (Phi) is 16.7.